The summed E-state index contributed by atoms with van der Waals surface area (Å²) in [7, 11) is 1.94. The Hall–Kier alpha value is -2.82. The summed E-state index contributed by atoms with van der Waals surface area (Å²) in [6.45, 7) is 2.21. The zero-order chi connectivity index (χ0) is 17.9. The molecule has 0 spiro atoms. The van der Waals surface area contributed by atoms with E-state index in [1.165, 1.54) is 16.3 Å². The number of carbonyl (C=O) groups is 1. The Labute approximate surface area is 153 Å². The number of hydrogen-bond donors (Lipinski definition) is 1. The van der Waals surface area contributed by atoms with Gasteiger partial charge in [-0.25, -0.2) is 4.79 Å². The fourth-order valence-electron chi connectivity index (χ4n) is 3.73. The molecule has 3 aromatic rings. The van der Waals surface area contributed by atoms with Gasteiger partial charge in [0.25, 0.3) is 0 Å². The van der Waals surface area contributed by atoms with Crippen molar-refractivity contribution in [1.29, 1.82) is 0 Å². The number of aryl methyl sites for hydroxylation is 1. The first kappa shape index (κ1) is 16.6. The maximum Gasteiger partial charge on any atom is 0.317 e. The SMILES string of the molecule is Cn1cc(C[C@@H]2CCN(C(=O)NCc3ccc4ccccc4c3)C2)cn1. The number of likely N-dealkylation sites (tertiary alicyclic amines) is 1. The Morgan fingerprint density at radius 2 is 2.04 bits per heavy atom. The first-order valence-electron chi connectivity index (χ1n) is 9.15. The van der Waals surface area contributed by atoms with Crippen molar-refractivity contribution in [2.24, 2.45) is 13.0 Å². The van der Waals surface area contributed by atoms with Crippen LogP contribution in [0.4, 0.5) is 4.79 Å². The van der Waals surface area contributed by atoms with Crippen molar-refractivity contribution in [3.8, 4) is 0 Å². The number of carbonyl (C=O) groups excluding carboxylic acids is 1. The molecule has 134 valence electrons. The molecule has 0 radical (unpaired) electrons. The van der Waals surface area contributed by atoms with Crippen molar-refractivity contribution < 1.29 is 4.79 Å². The lowest BCUT2D eigenvalue weighted by Crippen LogP contribution is -2.38. The lowest BCUT2D eigenvalue weighted by atomic mass is 10.0. The molecule has 0 aliphatic carbocycles. The number of benzene rings is 2. The Morgan fingerprint density at radius 1 is 1.19 bits per heavy atom. The highest BCUT2D eigenvalue weighted by molar-refractivity contribution is 5.83. The van der Waals surface area contributed by atoms with Crippen LogP contribution in [-0.2, 0) is 20.0 Å². The molecule has 1 aliphatic heterocycles. The van der Waals surface area contributed by atoms with Gasteiger partial charge in [-0.3, -0.25) is 4.68 Å². The van der Waals surface area contributed by atoms with Gasteiger partial charge in [0.1, 0.15) is 0 Å². The molecule has 1 aliphatic rings. The van der Waals surface area contributed by atoms with Crippen LogP contribution >= 0.6 is 0 Å². The van der Waals surface area contributed by atoms with E-state index in [1.807, 2.05) is 35.0 Å². The van der Waals surface area contributed by atoms with Crippen LogP contribution in [0.3, 0.4) is 0 Å². The first-order chi connectivity index (χ1) is 12.7. The van der Waals surface area contributed by atoms with Crippen molar-refractivity contribution in [2.45, 2.75) is 19.4 Å². The zero-order valence-electron chi connectivity index (χ0n) is 15.1. The van der Waals surface area contributed by atoms with E-state index in [0.29, 0.717) is 12.5 Å². The molecular formula is C21H24N4O. The predicted octanol–water partition coefficient (Wildman–Crippen LogP) is 3.35. The fraction of sp³-hybridized carbons (Fsp3) is 0.333. The summed E-state index contributed by atoms with van der Waals surface area (Å²) < 4.78 is 1.83. The number of nitrogens with zero attached hydrogens (tertiary/aromatic N) is 3. The Bertz CT molecular complexity index is 917. The summed E-state index contributed by atoms with van der Waals surface area (Å²) in [5, 5.41) is 9.71. The zero-order valence-corrected chi connectivity index (χ0v) is 15.1. The molecule has 1 atom stereocenters. The van der Waals surface area contributed by atoms with Crippen LogP contribution < -0.4 is 5.32 Å². The second-order valence-corrected chi connectivity index (χ2v) is 7.17. The van der Waals surface area contributed by atoms with Gasteiger partial charge >= 0.3 is 6.03 Å². The topological polar surface area (TPSA) is 50.2 Å². The second kappa shape index (κ2) is 7.20. The average Bonchev–Trinajstić information content (AvgIpc) is 3.29. The number of nitrogens with one attached hydrogen (secondary N) is 1. The van der Waals surface area contributed by atoms with Crippen molar-refractivity contribution in [2.75, 3.05) is 13.1 Å². The molecule has 26 heavy (non-hydrogen) atoms. The standard InChI is InChI=1S/C21H24N4O/c1-24-14-18(13-23-24)10-17-8-9-25(15-17)21(26)22-12-16-6-7-19-4-2-3-5-20(19)11-16/h2-7,11,13-14,17H,8-10,12,15H2,1H3,(H,22,26)/t17-/m0/s1. The van der Waals surface area contributed by atoms with E-state index in [1.54, 1.807) is 0 Å². The van der Waals surface area contributed by atoms with Crippen LogP contribution in [0.15, 0.2) is 54.9 Å². The van der Waals surface area contributed by atoms with Gasteiger partial charge in [0.05, 0.1) is 6.20 Å². The minimum atomic E-state index is 0.0341. The molecule has 4 rings (SSSR count). The van der Waals surface area contributed by atoms with Gasteiger partial charge in [-0.2, -0.15) is 5.10 Å². The van der Waals surface area contributed by atoms with Crippen molar-refractivity contribution in [1.82, 2.24) is 20.0 Å². The molecule has 0 unspecified atom stereocenters. The minimum absolute atomic E-state index is 0.0341. The van der Waals surface area contributed by atoms with E-state index in [2.05, 4.69) is 46.9 Å². The van der Waals surface area contributed by atoms with Crippen molar-refractivity contribution in [3.05, 3.63) is 66.0 Å². The smallest absolute Gasteiger partial charge is 0.317 e. The number of fused-ring (bicyclic) bond motifs is 1. The highest BCUT2D eigenvalue weighted by Crippen LogP contribution is 2.21. The normalized spacial score (nSPS) is 17.0. The van der Waals surface area contributed by atoms with Crippen LogP contribution in [0.1, 0.15) is 17.5 Å². The lowest BCUT2D eigenvalue weighted by Gasteiger charge is -2.17. The molecule has 1 N–H and O–H groups in total. The van der Waals surface area contributed by atoms with Gasteiger partial charge in [0.15, 0.2) is 0 Å². The van der Waals surface area contributed by atoms with Crippen LogP contribution in [0.25, 0.3) is 10.8 Å². The third-order valence-electron chi connectivity index (χ3n) is 5.11. The summed E-state index contributed by atoms with van der Waals surface area (Å²) in [6, 6.07) is 14.6. The van der Waals surface area contributed by atoms with E-state index < -0.39 is 0 Å². The molecule has 5 nitrogen and oxygen atoms in total. The summed E-state index contributed by atoms with van der Waals surface area (Å²) in [5.74, 6) is 0.519. The third-order valence-corrected chi connectivity index (χ3v) is 5.11. The van der Waals surface area contributed by atoms with Crippen LogP contribution in [0.2, 0.25) is 0 Å². The van der Waals surface area contributed by atoms with Gasteiger partial charge in [0.2, 0.25) is 0 Å². The highest BCUT2D eigenvalue weighted by atomic mass is 16.2. The monoisotopic (exact) mass is 348 g/mol. The second-order valence-electron chi connectivity index (χ2n) is 7.17. The molecule has 1 saturated heterocycles. The highest BCUT2D eigenvalue weighted by Gasteiger charge is 2.26. The van der Waals surface area contributed by atoms with Gasteiger partial charge in [-0.1, -0.05) is 36.4 Å². The molecule has 1 fully saturated rings. The summed E-state index contributed by atoms with van der Waals surface area (Å²) >= 11 is 0. The molecule has 5 heteroatoms. The number of amides is 2. The minimum Gasteiger partial charge on any atom is -0.334 e. The first-order valence-corrected chi connectivity index (χ1v) is 9.15. The number of hydrogen-bond acceptors (Lipinski definition) is 2. The van der Waals surface area contributed by atoms with Crippen LogP contribution in [0, 0.1) is 5.92 Å². The Kier molecular flexibility index (Phi) is 4.61. The summed E-state index contributed by atoms with van der Waals surface area (Å²) in [4.78, 5) is 14.4. The predicted molar refractivity (Wildman–Crippen MR) is 103 cm³/mol. The van der Waals surface area contributed by atoms with Gasteiger partial charge in [0, 0.05) is 32.9 Å². The van der Waals surface area contributed by atoms with Crippen LogP contribution in [-0.4, -0.2) is 33.8 Å². The van der Waals surface area contributed by atoms with Crippen molar-refractivity contribution in [3.63, 3.8) is 0 Å². The third kappa shape index (κ3) is 3.72. The number of rotatable bonds is 4. The number of urea groups is 1. The molecule has 2 aromatic carbocycles. The Morgan fingerprint density at radius 3 is 2.85 bits per heavy atom. The van der Waals surface area contributed by atoms with E-state index in [-0.39, 0.29) is 6.03 Å². The Balaban J connectivity index is 1.30. The average molecular weight is 348 g/mol. The molecular weight excluding hydrogens is 324 g/mol. The number of aromatic nitrogens is 2. The van der Waals surface area contributed by atoms with E-state index >= 15 is 0 Å². The summed E-state index contributed by atoms with van der Waals surface area (Å²) in [5.41, 5.74) is 2.37. The molecule has 0 bridgehead atoms. The molecule has 0 saturated carbocycles. The molecule has 1 aromatic heterocycles. The van der Waals surface area contributed by atoms with E-state index in [0.717, 1.165) is 31.5 Å². The summed E-state index contributed by atoms with van der Waals surface area (Å²) in [6.07, 6.45) is 6.02. The van der Waals surface area contributed by atoms with Gasteiger partial charge < -0.3 is 10.2 Å². The van der Waals surface area contributed by atoms with Gasteiger partial charge in [-0.05, 0) is 46.7 Å². The van der Waals surface area contributed by atoms with Crippen LogP contribution in [0.5, 0.6) is 0 Å². The van der Waals surface area contributed by atoms with Gasteiger partial charge in [-0.15, -0.1) is 0 Å². The van der Waals surface area contributed by atoms with Crippen molar-refractivity contribution >= 4 is 16.8 Å². The quantitative estimate of drug-likeness (QED) is 0.786. The molecule has 2 heterocycles. The maximum absolute atomic E-state index is 12.5. The fourth-order valence-corrected chi connectivity index (χ4v) is 3.73. The lowest BCUT2D eigenvalue weighted by molar-refractivity contribution is 0.206. The largest absolute Gasteiger partial charge is 0.334 e. The maximum atomic E-state index is 12.5. The molecule has 2 amide bonds. The van der Waals surface area contributed by atoms with E-state index in [9.17, 15) is 4.79 Å². The van der Waals surface area contributed by atoms with E-state index in [4.69, 9.17) is 0 Å².